The van der Waals surface area contributed by atoms with Crippen LogP contribution in [0.4, 0.5) is 5.69 Å². The van der Waals surface area contributed by atoms with Gasteiger partial charge in [-0.05, 0) is 19.9 Å². The van der Waals surface area contributed by atoms with Crippen LogP contribution in [0.15, 0.2) is 24.4 Å². The lowest BCUT2D eigenvalue weighted by molar-refractivity contribution is -0.385. The lowest BCUT2D eigenvalue weighted by Crippen LogP contribution is -1.99. The number of hydrogen-bond donors (Lipinski definition) is 0. The van der Waals surface area contributed by atoms with Crippen molar-refractivity contribution >= 4 is 5.69 Å². The number of ether oxygens (including phenoxy) is 1. The summed E-state index contributed by atoms with van der Waals surface area (Å²) in [7, 11) is 1.41. The molecule has 0 fully saturated rings. The molecule has 2 rings (SSSR count). The summed E-state index contributed by atoms with van der Waals surface area (Å²) in [5.74, 6) is 1.06. The average Bonchev–Trinajstić information content (AvgIpc) is 2.67. The van der Waals surface area contributed by atoms with Gasteiger partial charge in [0.15, 0.2) is 5.75 Å². The molecule has 0 bridgehead atoms. The predicted molar refractivity (Wildman–Crippen MR) is 66.2 cm³/mol. The Morgan fingerprint density at radius 1 is 1.39 bits per heavy atom. The summed E-state index contributed by atoms with van der Waals surface area (Å²) >= 11 is 0. The van der Waals surface area contributed by atoms with Crippen molar-refractivity contribution in [1.29, 1.82) is 0 Å². The fourth-order valence-corrected chi connectivity index (χ4v) is 1.85. The molecule has 0 radical (unpaired) electrons. The topological polar surface area (TPSA) is 70.2 Å². The number of benzene rings is 1. The molecule has 1 heterocycles. The second kappa shape index (κ2) is 4.48. The van der Waals surface area contributed by atoms with Gasteiger partial charge in [0.2, 0.25) is 0 Å². The van der Waals surface area contributed by atoms with Crippen LogP contribution < -0.4 is 4.74 Å². The summed E-state index contributed by atoms with van der Waals surface area (Å²) in [5, 5.41) is 10.8. The molecule has 18 heavy (non-hydrogen) atoms. The van der Waals surface area contributed by atoms with E-state index in [4.69, 9.17) is 4.74 Å². The van der Waals surface area contributed by atoms with Crippen molar-refractivity contribution in [2.75, 3.05) is 7.11 Å². The Balaban J connectivity index is 2.54. The SMILES string of the molecule is COc1cc(-n2cc(C)nc2C)ccc1[N+](=O)[O-]. The fraction of sp³-hybridized carbons (Fsp3) is 0.250. The summed E-state index contributed by atoms with van der Waals surface area (Å²) in [6.07, 6.45) is 1.87. The van der Waals surface area contributed by atoms with E-state index in [0.29, 0.717) is 0 Å². The molecule has 0 unspecified atom stereocenters. The zero-order valence-electron chi connectivity index (χ0n) is 10.4. The van der Waals surface area contributed by atoms with Gasteiger partial charge in [-0.15, -0.1) is 0 Å². The molecule has 2 aromatic rings. The van der Waals surface area contributed by atoms with Crippen LogP contribution in [0.5, 0.6) is 5.75 Å². The van der Waals surface area contributed by atoms with Gasteiger partial charge in [0, 0.05) is 18.3 Å². The number of nitro groups is 1. The average molecular weight is 247 g/mol. The molecule has 0 aliphatic heterocycles. The molecule has 1 aromatic heterocycles. The molecule has 0 atom stereocenters. The molecular weight excluding hydrogens is 234 g/mol. The van der Waals surface area contributed by atoms with Gasteiger partial charge in [0.05, 0.1) is 23.4 Å². The quantitative estimate of drug-likeness (QED) is 0.616. The molecule has 6 heteroatoms. The van der Waals surface area contributed by atoms with Gasteiger partial charge in [-0.1, -0.05) is 0 Å². The third-order valence-corrected chi connectivity index (χ3v) is 2.64. The second-order valence-electron chi connectivity index (χ2n) is 3.91. The number of methoxy groups -OCH3 is 1. The van der Waals surface area contributed by atoms with E-state index >= 15 is 0 Å². The van der Waals surface area contributed by atoms with Crippen molar-refractivity contribution in [3.8, 4) is 11.4 Å². The highest BCUT2D eigenvalue weighted by atomic mass is 16.6. The van der Waals surface area contributed by atoms with Gasteiger partial charge in [0.1, 0.15) is 5.82 Å². The van der Waals surface area contributed by atoms with Gasteiger partial charge >= 0.3 is 5.69 Å². The molecule has 0 aliphatic carbocycles. The minimum Gasteiger partial charge on any atom is -0.490 e. The molecule has 0 amide bonds. The van der Waals surface area contributed by atoms with Crippen LogP contribution in [0, 0.1) is 24.0 Å². The lowest BCUT2D eigenvalue weighted by atomic mass is 10.2. The lowest BCUT2D eigenvalue weighted by Gasteiger charge is -2.07. The number of aryl methyl sites for hydroxylation is 2. The molecule has 0 saturated heterocycles. The van der Waals surface area contributed by atoms with Crippen LogP contribution in [-0.4, -0.2) is 21.6 Å². The Bertz CT molecular complexity index is 605. The molecule has 1 aromatic carbocycles. The molecule has 0 N–H and O–H groups in total. The van der Waals surface area contributed by atoms with Crippen LogP contribution >= 0.6 is 0 Å². The largest absolute Gasteiger partial charge is 0.490 e. The Morgan fingerprint density at radius 3 is 2.61 bits per heavy atom. The number of rotatable bonds is 3. The first-order chi connectivity index (χ1) is 8.52. The molecule has 0 spiro atoms. The molecule has 0 saturated carbocycles. The van der Waals surface area contributed by atoms with E-state index in [9.17, 15) is 10.1 Å². The Morgan fingerprint density at radius 2 is 2.11 bits per heavy atom. The zero-order chi connectivity index (χ0) is 13.3. The van der Waals surface area contributed by atoms with Crippen LogP contribution in [0.1, 0.15) is 11.5 Å². The van der Waals surface area contributed by atoms with Crippen molar-refractivity contribution in [2.24, 2.45) is 0 Å². The highest BCUT2D eigenvalue weighted by molar-refractivity contribution is 5.53. The van der Waals surface area contributed by atoms with Crippen molar-refractivity contribution < 1.29 is 9.66 Å². The standard InChI is InChI=1S/C12H13N3O3/c1-8-7-14(9(2)13-8)10-4-5-11(15(16)17)12(6-10)18-3/h4-7H,1-3H3. The van der Waals surface area contributed by atoms with Crippen LogP contribution in [0.2, 0.25) is 0 Å². The Labute approximate surface area is 104 Å². The molecule has 0 aliphatic rings. The van der Waals surface area contributed by atoms with Gasteiger partial charge in [-0.25, -0.2) is 4.98 Å². The minimum atomic E-state index is -0.464. The van der Waals surface area contributed by atoms with Crippen LogP contribution in [-0.2, 0) is 0 Å². The smallest absolute Gasteiger partial charge is 0.311 e. The van der Waals surface area contributed by atoms with Crippen molar-refractivity contribution in [3.63, 3.8) is 0 Å². The van der Waals surface area contributed by atoms with Gasteiger partial charge in [-0.2, -0.15) is 0 Å². The number of aromatic nitrogens is 2. The number of hydrogen-bond acceptors (Lipinski definition) is 4. The van der Waals surface area contributed by atoms with E-state index in [1.807, 2.05) is 24.6 Å². The summed E-state index contributed by atoms with van der Waals surface area (Å²) in [6.45, 7) is 3.77. The van der Waals surface area contributed by atoms with E-state index in [1.54, 1.807) is 12.1 Å². The van der Waals surface area contributed by atoms with E-state index in [-0.39, 0.29) is 11.4 Å². The monoisotopic (exact) mass is 247 g/mol. The third-order valence-electron chi connectivity index (χ3n) is 2.64. The van der Waals surface area contributed by atoms with E-state index < -0.39 is 4.92 Å². The third kappa shape index (κ3) is 2.04. The van der Waals surface area contributed by atoms with E-state index in [0.717, 1.165) is 17.2 Å². The zero-order valence-corrected chi connectivity index (χ0v) is 10.4. The van der Waals surface area contributed by atoms with E-state index in [1.165, 1.54) is 13.2 Å². The van der Waals surface area contributed by atoms with E-state index in [2.05, 4.69) is 4.98 Å². The number of imidazole rings is 1. The number of nitrogens with zero attached hydrogens (tertiary/aromatic N) is 3. The van der Waals surface area contributed by atoms with Gasteiger partial charge in [-0.3, -0.25) is 10.1 Å². The molecular formula is C12H13N3O3. The first kappa shape index (κ1) is 12.1. The highest BCUT2D eigenvalue weighted by Crippen LogP contribution is 2.29. The maximum atomic E-state index is 10.8. The first-order valence-corrected chi connectivity index (χ1v) is 5.38. The van der Waals surface area contributed by atoms with Crippen molar-refractivity contribution in [2.45, 2.75) is 13.8 Å². The summed E-state index contributed by atoms with van der Waals surface area (Å²) in [6, 6.07) is 4.74. The Hall–Kier alpha value is -2.37. The van der Waals surface area contributed by atoms with Crippen molar-refractivity contribution in [1.82, 2.24) is 9.55 Å². The van der Waals surface area contributed by atoms with Crippen LogP contribution in [0.3, 0.4) is 0 Å². The maximum absolute atomic E-state index is 10.8. The fourth-order valence-electron chi connectivity index (χ4n) is 1.85. The summed E-state index contributed by atoms with van der Waals surface area (Å²) in [4.78, 5) is 14.6. The maximum Gasteiger partial charge on any atom is 0.311 e. The normalized spacial score (nSPS) is 10.4. The minimum absolute atomic E-state index is 0.0456. The summed E-state index contributed by atoms with van der Waals surface area (Å²) < 4.78 is 6.90. The van der Waals surface area contributed by atoms with Crippen LogP contribution in [0.25, 0.3) is 5.69 Å². The highest BCUT2D eigenvalue weighted by Gasteiger charge is 2.15. The van der Waals surface area contributed by atoms with Gasteiger partial charge in [0.25, 0.3) is 0 Å². The first-order valence-electron chi connectivity index (χ1n) is 5.38. The predicted octanol–water partition coefficient (Wildman–Crippen LogP) is 2.41. The Kier molecular flexibility index (Phi) is 3.01. The summed E-state index contributed by atoms with van der Waals surface area (Å²) in [5.41, 5.74) is 1.64. The molecule has 6 nitrogen and oxygen atoms in total. The van der Waals surface area contributed by atoms with Gasteiger partial charge < -0.3 is 9.30 Å². The second-order valence-corrected chi connectivity index (χ2v) is 3.91. The van der Waals surface area contributed by atoms with Crippen molar-refractivity contribution in [3.05, 3.63) is 46.0 Å². The molecule has 94 valence electrons. The number of nitro benzene ring substituents is 1.